The Morgan fingerprint density at radius 1 is 1.04 bits per heavy atom. The van der Waals surface area contributed by atoms with Gasteiger partial charge in [0.1, 0.15) is 12.7 Å². The predicted molar refractivity (Wildman–Crippen MR) is 101 cm³/mol. The van der Waals surface area contributed by atoms with Crippen LogP contribution in [0.15, 0.2) is 66.7 Å². The lowest BCUT2D eigenvalue weighted by molar-refractivity contribution is -0.141. The second kappa shape index (κ2) is 9.42. The minimum atomic E-state index is -0.598. The number of carbonyl (C=O) groups excluding carboxylic acids is 2. The molecule has 0 aromatic heterocycles. The molecule has 2 aromatic rings. The maximum Gasteiger partial charge on any atom is 0.412 e. The molecule has 0 radical (unpaired) electrons. The highest BCUT2D eigenvalue weighted by Gasteiger charge is 2.12. The Morgan fingerprint density at radius 2 is 1.65 bits per heavy atom. The molecule has 5 nitrogen and oxygen atoms in total. The fourth-order valence-electron chi connectivity index (χ4n) is 2.22. The van der Waals surface area contributed by atoms with E-state index in [0.717, 1.165) is 12.0 Å². The van der Waals surface area contributed by atoms with E-state index in [0.29, 0.717) is 11.3 Å². The van der Waals surface area contributed by atoms with Gasteiger partial charge in [0.2, 0.25) is 0 Å². The zero-order valence-corrected chi connectivity index (χ0v) is 15.0. The molecule has 0 fully saturated rings. The summed E-state index contributed by atoms with van der Waals surface area (Å²) in [5, 5.41) is 2.66. The zero-order valence-electron chi connectivity index (χ0n) is 15.0. The van der Waals surface area contributed by atoms with Gasteiger partial charge in [0.25, 0.3) is 0 Å². The van der Waals surface area contributed by atoms with E-state index in [2.05, 4.69) is 24.0 Å². The Kier molecular flexibility index (Phi) is 6.97. The molecule has 0 saturated carbocycles. The third-order valence-electron chi connectivity index (χ3n) is 3.56. The number of benzene rings is 2. The van der Waals surface area contributed by atoms with E-state index in [1.807, 2.05) is 42.5 Å². The monoisotopic (exact) mass is 353 g/mol. The van der Waals surface area contributed by atoms with Gasteiger partial charge in [-0.2, -0.15) is 0 Å². The minimum absolute atomic E-state index is 0.0187. The highest BCUT2D eigenvalue weighted by Crippen LogP contribution is 2.14. The van der Waals surface area contributed by atoms with E-state index in [-0.39, 0.29) is 6.61 Å². The zero-order chi connectivity index (χ0) is 18.9. The normalized spacial score (nSPS) is 11.3. The summed E-state index contributed by atoms with van der Waals surface area (Å²) in [4.78, 5) is 23.2. The van der Waals surface area contributed by atoms with Gasteiger partial charge >= 0.3 is 12.1 Å². The molecule has 2 aromatic carbocycles. The maximum atomic E-state index is 11.9. The molecule has 0 spiro atoms. The number of ether oxygens (including phenoxy) is 2. The van der Waals surface area contributed by atoms with Crippen LogP contribution in [-0.4, -0.2) is 24.8 Å². The lowest BCUT2D eigenvalue weighted by atomic mass is 10.1. The lowest BCUT2D eigenvalue weighted by Gasteiger charge is -2.14. The van der Waals surface area contributed by atoms with Crippen molar-refractivity contribution in [2.45, 2.75) is 26.4 Å². The average Bonchev–Trinajstić information content (AvgIpc) is 2.62. The fourth-order valence-corrected chi connectivity index (χ4v) is 2.22. The number of rotatable bonds is 7. The molecule has 0 bridgehead atoms. The summed E-state index contributed by atoms with van der Waals surface area (Å²) in [6.45, 7) is 6.67. The third-order valence-corrected chi connectivity index (χ3v) is 3.56. The number of hydrogen-bond acceptors (Lipinski definition) is 4. The van der Waals surface area contributed by atoms with Crippen molar-refractivity contribution in [1.82, 2.24) is 0 Å². The van der Waals surface area contributed by atoms with Crippen molar-refractivity contribution in [3.8, 4) is 0 Å². The molecule has 0 heterocycles. The van der Waals surface area contributed by atoms with Gasteiger partial charge in [0, 0.05) is 11.3 Å². The summed E-state index contributed by atoms with van der Waals surface area (Å²) in [6, 6.07) is 17.7. The molecule has 26 heavy (non-hydrogen) atoms. The second-order valence-electron chi connectivity index (χ2n) is 6.08. The molecule has 0 aliphatic heterocycles. The lowest BCUT2D eigenvalue weighted by Crippen LogP contribution is -2.25. The SMILES string of the molecule is C=C(C)C(=O)OCC(C)OC(=O)Nc1ccc(Cc2ccccc2)cc1. The molecular formula is C21H23NO4. The molecule has 0 aliphatic rings. The topological polar surface area (TPSA) is 64.6 Å². The fraction of sp³-hybridized carbons (Fsp3) is 0.238. The van der Waals surface area contributed by atoms with Gasteiger partial charge in [-0.1, -0.05) is 49.0 Å². The van der Waals surface area contributed by atoms with Crippen molar-refractivity contribution in [1.29, 1.82) is 0 Å². The van der Waals surface area contributed by atoms with Crippen molar-refractivity contribution >= 4 is 17.7 Å². The van der Waals surface area contributed by atoms with Crippen LogP contribution in [0.2, 0.25) is 0 Å². The molecule has 0 aliphatic carbocycles. The molecule has 1 amide bonds. The van der Waals surface area contributed by atoms with Crippen molar-refractivity contribution in [2.75, 3.05) is 11.9 Å². The molecule has 0 saturated heterocycles. The van der Waals surface area contributed by atoms with Crippen molar-refractivity contribution < 1.29 is 19.1 Å². The summed E-state index contributed by atoms with van der Waals surface area (Å²) >= 11 is 0. The maximum absolute atomic E-state index is 11.9. The second-order valence-corrected chi connectivity index (χ2v) is 6.08. The van der Waals surface area contributed by atoms with Crippen LogP contribution in [0.5, 0.6) is 0 Å². The number of hydrogen-bond donors (Lipinski definition) is 1. The van der Waals surface area contributed by atoms with Crippen molar-refractivity contribution in [3.63, 3.8) is 0 Å². The van der Waals surface area contributed by atoms with E-state index in [4.69, 9.17) is 9.47 Å². The van der Waals surface area contributed by atoms with E-state index in [9.17, 15) is 9.59 Å². The number of anilines is 1. The van der Waals surface area contributed by atoms with Gasteiger partial charge in [0.15, 0.2) is 0 Å². The summed E-state index contributed by atoms with van der Waals surface area (Å²) < 4.78 is 10.1. The minimum Gasteiger partial charge on any atom is -0.458 e. The van der Waals surface area contributed by atoms with Crippen LogP contribution in [0, 0.1) is 0 Å². The van der Waals surface area contributed by atoms with Gasteiger partial charge in [0.05, 0.1) is 0 Å². The predicted octanol–water partition coefficient (Wildman–Crippen LogP) is 4.33. The standard InChI is InChI=1S/C21H23NO4/c1-15(2)20(23)25-14-16(3)26-21(24)22-19-11-9-18(10-12-19)13-17-7-5-4-6-8-17/h4-12,16H,1,13-14H2,2-3H3,(H,22,24). The molecule has 2 rings (SSSR count). The highest BCUT2D eigenvalue weighted by molar-refractivity contribution is 5.87. The van der Waals surface area contributed by atoms with Gasteiger partial charge < -0.3 is 9.47 Å². The summed E-state index contributed by atoms with van der Waals surface area (Å²) in [7, 11) is 0. The number of carbonyl (C=O) groups is 2. The molecule has 1 unspecified atom stereocenters. The van der Waals surface area contributed by atoms with Crippen molar-refractivity contribution in [2.24, 2.45) is 0 Å². The van der Waals surface area contributed by atoms with Crippen LogP contribution in [0.1, 0.15) is 25.0 Å². The number of nitrogens with one attached hydrogen (secondary N) is 1. The molecule has 136 valence electrons. The average molecular weight is 353 g/mol. The summed E-state index contributed by atoms with van der Waals surface area (Å²) in [5.41, 5.74) is 3.32. The first-order valence-electron chi connectivity index (χ1n) is 8.37. The van der Waals surface area contributed by atoms with E-state index < -0.39 is 18.2 Å². The molecule has 5 heteroatoms. The largest absolute Gasteiger partial charge is 0.458 e. The van der Waals surface area contributed by atoms with Gasteiger partial charge in [-0.25, -0.2) is 9.59 Å². The number of esters is 1. The van der Waals surface area contributed by atoms with Gasteiger partial charge in [-0.05, 0) is 43.5 Å². The van der Waals surface area contributed by atoms with E-state index in [1.165, 1.54) is 5.56 Å². The Bertz CT molecular complexity index is 753. The third kappa shape index (κ3) is 6.43. The summed E-state index contributed by atoms with van der Waals surface area (Å²) in [6.07, 6.45) is -0.327. The van der Waals surface area contributed by atoms with Crippen LogP contribution in [0.25, 0.3) is 0 Å². The van der Waals surface area contributed by atoms with Crippen LogP contribution < -0.4 is 5.32 Å². The van der Waals surface area contributed by atoms with E-state index in [1.54, 1.807) is 13.8 Å². The Balaban J connectivity index is 1.79. The Hall–Kier alpha value is -3.08. The molecule has 1 atom stereocenters. The highest BCUT2D eigenvalue weighted by atomic mass is 16.6. The van der Waals surface area contributed by atoms with Crippen LogP contribution in [0.4, 0.5) is 10.5 Å². The van der Waals surface area contributed by atoms with Crippen molar-refractivity contribution in [3.05, 3.63) is 77.9 Å². The van der Waals surface area contributed by atoms with Gasteiger partial charge in [-0.3, -0.25) is 5.32 Å². The smallest absolute Gasteiger partial charge is 0.412 e. The Labute approximate surface area is 153 Å². The van der Waals surface area contributed by atoms with E-state index >= 15 is 0 Å². The first-order valence-corrected chi connectivity index (χ1v) is 8.37. The first-order chi connectivity index (χ1) is 12.4. The first kappa shape index (κ1) is 19.2. The molecular weight excluding hydrogens is 330 g/mol. The van der Waals surface area contributed by atoms with Crippen LogP contribution in [0.3, 0.4) is 0 Å². The van der Waals surface area contributed by atoms with Crippen LogP contribution in [-0.2, 0) is 20.7 Å². The summed E-state index contributed by atoms with van der Waals surface area (Å²) in [5.74, 6) is -0.505. The molecule has 1 N–H and O–H groups in total. The van der Waals surface area contributed by atoms with Gasteiger partial charge in [-0.15, -0.1) is 0 Å². The quantitative estimate of drug-likeness (QED) is 0.594. The number of amides is 1. The Morgan fingerprint density at radius 3 is 2.27 bits per heavy atom. The van der Waals surface area contributed by atoms with Crippen LogP contribution >= 0.6 is 0 Å².